The molecule has 0 heterocycles. The minimum Gasteiger partial charge on any atom is -0.478 e. The van der Waals surface area contributed by atoms with Crippen molar-refractivity contribution in [1.29, 1.82) is 0 Å². The van der Waals surface area contributed by atoms with Crippen LogP contribution in [0.2, 0.25) is 0 Å². The van der Waals surface area contributed by atoms with Crippen LogP contribution in [0.3, 0.4) is 0 Å². The number of allylic oxidation sites excluding steroid dienone is 1. The Morgan fingerprint density at radius 3 is 2.20 bits per heavy atom. The number of rotatable bonds is 3. The van der Waals surface area contributed by atoms with E-state index in [1.54, 1.807) is 6.92 Å². The van der Waals surface area contributed by atoms with Crippen LogP contribution in [0.25, 0.3) is 0 Å². The van der Waals surface area contributed by atoms with Crippen LogP contribution in [0, 0.1) is 0 Å². The van der Waals surface area contributed by atoms with Gasteiger partial charge in [0.05, 0.1) is 0 Å². The maximum Gasteiger partial charge on any atom is 0.331 e. The van der Waals surface area contributed by atoms with Crippen molar-refractivity contribution < 1.29 is 14.7 Å². The van der Waals surface area contributed by atoms with Gasteiger partial charge in [-0.15, -0.1) is 0 Å². The van der Waals surface area contributed by atoms with E-state index in [2.05, 4.69) is 0 Å². The van der Waals surface area contributed by atoms with Gasteiger partial charge >= 0.3 is 5.97 Å². The number of carboxylic acids is 1. The summed E-state index contributed by atoms with van der Waals surface area (Å²) >= 11 is 0. The minimum atomic E-state index is -1.01. The van der Waals surface area contributed by atoms with Crippen LogP contribution in [-0.4, -0.2) is 17.4 Å². The highest BCUT2D eigenvalue weighted by Gasteiger charge is 2.06. The molecule has 3 heteroatoms. The van der Waals surface area contributed by atoms with Gasteiger partial charge in [0.1, 0.15) is 6.29 Å². The van der Waals surface area contributed by atoms with Crippen LogP contribution in [0.1, 0.15) is 20.3 Å². The first kappa shape index (κ1) is 8.88. The zero-order valence-corrected chi connectivity index (χ0v) is 6.05. The topological polar surface area (TPSA) is 54.4 Å². The van der Waals surface area contributed by atoms with Crippen molar-refractivity contribution in [3.8, 4) is 0 Å². The van der Waals surface area contributed by atoms with E-state index >= 15 is 0 Å². The summed E-state index contributed by atoms with van der Waals surface area (Å²) in [4.78, 5) is 20.4. The third-order valence-corrected chi connectivity index (χ3v) is 1.26. The van der Waals surface area contributed by atoms with Crippen molar-refractivity contribution >= 4 is 12.3 Å². The average Bonchev–Trinajstić information content (AvgIpc) is 1.88. The molecule has 0 atom stereocenters. The maximum atomic E-state index is 10.3. The van der Waals surface area contributed by atoms with Crippen molar-refractivity contribution in [3.63, 3.8) is 0 Å². The van der Waals surface area contributed by atoms with Gasteiger partial charge in [-0.05, 0) is 18.9 Å². The second-order valence-electron chi connectivity index (χ2n) is 1.94. The van der Waals surface area contributed by atoms with E-state index in [0.29, 0.717) is 18.3 Å². The summed E-state index contributed by atoms with van der Waals surface area (Å²) in [6.45, 7) is 3.20. The summed E-state index contributed by atoms with van der Waals surface area (Å²) in [7, 11) is 0. The van der Waals surface area contributed by atoms with Crippen LogP contribution in [-0.2, 0) is 9.59 Å². The smallest absolute Gasteiger partial charge is 0.331 e. The Labute approximate surface area is 59.4 Å². The summed E-state index contributed by atoms with van der Waals surface area (Å²) in [6.07, 6.45) is 0.951. The molecule has 0 aliphatic heterocycles. The molecule has 0 radical (unpaired) electrons. The summed E-state index contributed by atoms with van der Waals surface area (Å²) in [5.74, 6) is -1.01. The molecule has 0 amide bonds. The molecular weight excluding hydrogens is 132 g/mol. The second-order valence-corrected chi connectivity index (χ2v) is 1.94. The van der Waals surface area contributed by atoms with E-state index in [-0.39, 0.29) is 5.57 Å². The van der Waals surface area contributed by atoms with Gasteiger partial charge in [-0.25, -0.2) is 4.79 Å². The standard InChI is InChI=1S/C7H10O3/c1-3-6(7(9)10)5(2)4-8/h4H,3H2,1-2H3,(H,9,10). The highest BCUT2D eigenvalue weighted by atomic mass is 16.4. The first-order chi connectivity index (χ1) is 4.63. The Bertz CT molecular complexity index is 179. The van der Waals surface area contributed by atoms with Crippen molar-refractivity contribution in [3.05, 3.63) is 11.1 Å². The molecule has 10 heavy (non-hydrogen) atoms. The van der Waals surface area contributed by atoms with Crippen LogP contribution >= 0.6 is 0 Å². The largest absolute Gasteiger partial charge is 0.478 e. The molecule has 0 saturated carbocycles. The van der Waals surface area contributed by atoms with Gasteiger partial charge in [0.2, 0.25) is 0 Å². The Kier molecular flexibility index (Phi) is 3.39. The van der Waals surface area contributed by atoms with Crippen molar-refractivity contribution in [2.75, 3.05) is 0 Å². The molecule has 0 aromatic heterocycles. The number of carbonyl (C=O) groups excluding carboxylic acids is 1. The zero-order chi connectivity index (χ0) is 8.15. The molecule has 1 N–H and O–H groups in total. The molecule has 56 valence electrons. The van der Waals surface area contributed by atoms with Gasteiger partial charge in [0.25, 0.3) is 0 Å². The molecular formula is C7H10O3. The van der Waals surface area contributed by atoms with Gasteiger partial charge in [-0.3, -0.25) is 4.79 Å². The molecule has 0 spiro atoms. The highest BCUT2D eigenvalue weighted by molar-refractivity contribution is 5.93. The summed E-state index contributed by atoms with van der Waals surface area (Å²) in [6, 6.07) is 0. The van der Waals surface area contributed by atoms with E-state index in [1.165, 1.54) is 6.92 Å². The molecule has 0 fully saturated rings. The normalized spacial score (nSPS) is 12.2. The van der Waals surface area contributed by atoms with Crippen molar-refractivity contribution in [1.82, 2.24) is 0 Å². The lowest BCUT2D eigenvalue weighted by atomic mass is 10.1. The van der Waals surface area contributed by atoms with E-state index in [4.69, 9.17) is 5.11 Å². The lowest BCUT2D eigenvalue weighted by Gasteiger charge is -1.97. The molecule has 0 rings (SSSR count). The Morgan fingerprint density at radius 1 is 1.60 bits per heavy atom. The SMILES string of the molecule is CCC(C(=O)O)=C(C)C=O. The van der Waals surface area contributed by atoms with Crippen LogP contribution < -0.4 is 0 Å². The first-order valence-electron chi connectivity index (χ1n) is 3.01. The highest BCUT2D eigenvalue weighted by Crippen LogP contribution is 2.05. The van der Waals surface area contributed by atoms with Gasteiger partial charge < -0.3 is 5.11 Å². The van der Waals surface area contributed by atoms with Gasteiger partial charge in [0.15, 0.2) is 0 Å². The maximum absolute atomic E-state index is 10.3. The average molecular weight is 142 g/mol. The molecule has 0 aromatic carbocycles. The predicted molar refractivity (Wildman–Crippen MR) is 36.7 cm³/mol. The van der Waals surface area contributed by atoms with E-state index in [9.17, 15) is 9.59 Å². The molecule has 3 nitrogen and oxygen atoms in total. The van der Waals surface area contributed by atoms with Crippen molar-refractivity contribution in [2.45, 2.75) is 20.3 Å². The minimum absolute atomic E-state index is 0.190. The van der Waals surface area contributed by atoms with E-state index in [1.807, 2.05) is 0 Å². The second kappa shape index (κ2) is 3.82. The van der Waals surface area contributed by atoms with E-state index < -0.39 is 5.97 Å². The number of hydrogen-bond donors (Lipinski definition) is 1. The Hall–Kier alpha value is -1.12. The summed E-state index contributed by atoms with van der Waals surface area (Å²) < 4.78 is 0. The molecule has 0 aromatic rings. The number of carboxylic acid groups (broad SMARTS) is 1. The Balaban J connectivity index is 4.62. The van der Waals surface area contributed by atoms with Gasteiger partial charge in [-0.1, -0.05) is 6.92 Å². The van der Waals surface area contributed by atoms with Crippen LogP contribution in [0.15, 0.2) is 11.1 Å². The summed E-state index contributed by atoms with van der Waals surface area (Å²) in [5.41, 5.74) is 0.491. The molecule has 0 saturated heterocycles. The third kappa shape index (κ3) is 2.01. The quantitative estimate of drug-likeness (QED) is 0.472. The van der Waals surface area contributed by atoms with E-state index in [0.717, 1.165) is 0 Å². The Morgan fingerprint density at radius 2 is 2.10 bits per heavy atom. The van der Waals surface area contributed by atoms with Gasteiger partial charge in [-0.2, -0.15) is 0 Å². The number of aldehydes is 1. The number of aliphatic carboxylic acids is 1. The number of hydrogen-bond acceptors (Lipinski definition) is 2. The zero-order valence-electron chi connectivity index (χ0n) is 6.05. The van der Waals surface area contributed by atoms with Crippen LogP contribution in [0.5, 0.6) is 0 Å². The van der Waals surface area contributed by atoms with Gasteiger partial charge in [0, 0.05) is 5.57 Å². The molecule has 0 aliphatic rings. The third-order valence-electron chi connectivity index (χ3n) is 1.26. The molecule has 0 unspecified atom stereocenters. The number of carbonyl (C=O) groups is 2. The molecule has 0 bridgehead atoms. The fraction of sp³-hybridized carbons (Fsp3) is 0.429. The lowest BCUT2D eigenvalue weighted by molar-refractivity contribution is -0.133. The molecule has 0 aliphatic carbocycles. The lowest BCUT2D eigenvalue weighted by Crippen LogP contribution is -2.02. The summed E-state index contributed by atoms with van der Waals surface area (Å²) in [5, 5.41) is 8.46. The fourth-order valence-corrected chi connectivity index (χ4v) is 0.670. The van der Waals surface area contributed by atoms with Crippen LogP contribution in [0.4, 0.5) is 0 Å². The predicted octanol–water partition coefficient (Wildman–Crippen LogP) is 0.996. The van der Waals surface area contributed by atoms with Crippen molar-refractivity contribution in [2.24, 2.45) is 0 Å². The fourth-order valence-electron chi connectivity index (χ4n) is 0.670. The first-order valence-corrected chi connectivity index (χ1v) is 3.01. The monoisotopic (exact) mass is 142 g/mol.